The van der Waals surface area contributed by atoms with Gasteiger partial charge in [0.2, 0.25) is 11.6 Å². The predicted octanol–water partition coefficient (Wildman–Crippen LogP) is 1.94. The average Bonchev–Trinajstić information content (AvgIpc) is 2.93. The van der Waals surface area contributed by atoms with Crippen LogP contribution in [0.5, 0.6) is 0 Å². The lowest BCUT2D eigenvalue weighted by Gasteiger charge is -2.48. The summed E-state index contributed by atoms with van der Waals surface area (Å²) < 4.78 is 0. The summed E-state index contributed by atoms with van der Waals surface area (Å²) in [5.41, 5.74) is 9.10. The highest BCUT2D eigenvalue weighted by atomic mass is 16.3. The van der Waals surface area contributed by atoms with Gasteiger partial charge in [-0.15, -0.1) is 0 Å². The second-order valence-electron chi connectivity index (χ2n) is 9.17. The second-order valence-corrected chi connectivity index (χ2v) is 9.17. The molecule has 0 radical (unpaired) electrons. The van der Waals surface area contributed by atoms with Gasteiger partial charge in [0.1, 0.15) is 0 Å². The van der Waals surface area contributed by atoms with Gasteiger partial charge < -0.3 is 27.2 Å². The number of hydrogen-bond donors (Lipinski definition) is 6. The van der Waals surface area contributed by atoms with E-state index >= 15 is 0 Å². The fourth-order valence-corrected chi connectivity index (χ4v) is 4.72. The number of amides is 4. The minimum absolute atomic E-state index is 0.0674. The smallest absolute Gasteiger partial charge is 0.317 e. The fourth-order valence-electron chi connectivity index (χ4n) is 4.72. The first-order valence-electron chi connectivity index (χ1n) is 12.5. The lowest BCUT2D eigenvalue weighted by molar-refractivity contribution is -0.165. The Bertz CT molecular complexity index is 1210. The molecule has 4 amide bonds. The molecule has 0 saturated carbocycles. The van der Waals surface area contributed by atoms with Crippen LogP contribution in [0.1, 0.15) is 30.0 Å². The Balaban J connectivity index is 2.02. The van der Waals surface area contributed by atoms with Crippen molar-refractivity contribution in [3.63, 3.8) is 0 Å². The van der Waals surface area contributed by atoms with Crippen LogP contribution >= 0.6 is 0 Å². The molecule has 0 fully saturated rings. The summed E-state index contributed by atoms with van der Waals surface area (Å²) in [4.78, 5) is 39.3. The van der Waals surface area contributed by atoms with E-state index in [1.807, 2.05) is 97.9 Å². The summed E-state index contributed by atoms with van der Waals surface area (Å²) in [6.45, 7) is 1.99. The highest BCUT2D eigenvalue weighted by molar-refractivity contribution is 5.99. The molecule has 3 rings (SSSR count). The van der Waals surface area contributed by atoms with Gasteiger partial charge in [-0.25, -0.2) is 4.79 Å². The van der Waals surface area contributed by atoms with Gasteiger partial charge in [0.15, 0.2) is 5.54 Å². The molecular weight excluding hydrogens is 482 g/mol. The van der Waals surface area contributed by atoms with Crippen molar-refractivity contribution < 1.29 is 19.5 Å². The molecule has 3 unspecified atom stereocenters. The van der Waals surface area contributed by atoms with Crippen LogP contribution in [0, 0.1) is 5.92 Å². The molecule has 38 heavy (non-hydrogen) atoms. The van der Waals surface area contributed by atoms with E-state index in [0.717, 1.165) is 16.7 Å². The van der Waals surface area contributed by atoms with E-state index in [2.05, 4.69) is 16.0 Å². The van der Waals surface area contributed by atoms with Crippen LogP contribution in [0.4, 0.5) is 4.79 Å². The molecule has 0 bridgehead atoms. The molecule has 3 atom stereocenters. The third-order valence-electron chi connectivity index (χ3n) is 6.75. The molecule has 0 aliphatic heterocycles. The van der Waals surface area contributed by atoms with Crippen molar-refractivity contribution in [2.24, 2.45) is 17.4 Å². The van der Waals surface area contributed by atoms with Crippen LogP contribution in [-0.4, -0.2) is 34.2 Å². The van der Waals surface area contributed by atoms with Crippen LogP contribution < -0.4 is 27.4 Å². The standard InChI is InChI=1S/C29H35N5O4/c1-2-24(18-21-12-6-3-7-13-21)28(25(30)35,33-20-23-16-10-5-11-17-23)29(38,26(31)36)34-27(37)32-19-22-14-8-4-9-15-22/h3-17,24,33,38H,2,18-20H2,1H3,(H2,30,35)(H2,31,36)(H2,32,34,37). The van der Waals surface area contributed by atoms with Gasteiger partial charge in [0, 0.05) is 13.1 Å². The summed E-state index contributed by atoms with van der Waals surface area (Å²) >= 11 is 0. The minimum atomic E-state index is -2.87. The molecular formula is C29H35N5O4. The number of primary amides is 2. The largest absolute Gasteiger partial charge is 0.368 e. The summed E-state index contributed by atoms with van der Waals surface area (Å²) in [5, 5.41) is 19.8. The number of carbonyl (C=O) groups excluding carboxylic acids is 3. The zero-order valence-corrected chi connectivity index (χ0v) is 21.4. The number of carbonyl (C=O) groups is 3. The maximum absolute atomic E-state index is 13.4. The Morgan fingerprint density at radius 2 is 1.24 bits per heavy atom. The second kappa shape index (κ2) is 12.8. The summed E-state index contributed by atoms with van der Waals surface area (Å²) in [6, 6.07) is 26.6. The van der Waals surface area contributed by atoms with E-state index in [9.17, 15) is 19.5 Å². The van der Waals surface area contributed by atoms with Crippen LogP contribution in [0.25, 0.3) is 0 Å². The molecule has 0 spiro atoms. The van der Waals surface area contributed by atoms with Gasteiger partial charge in [0.25, 0.3) is 5.91 Å². The number of rotatable bonds is 13. The van der Waals surface area contributed by atoms with Crippen molar-refractivity contribution in [2.75, 3.05) is 0 Å². The van der Waals surface area contributed by atoms with E-state index in [-0.39, 0.29) is 19.5 Å². The van der Waals surface area contributed by atoms with E-state index in [1.54, 1.807) is 0 Å². The number of nitrogens with two attached hydrogens (primary N) is 2. The third kappa shape index (κ3) is 6.37. The Morgan fingerprint density at radius 1 is 0.763 bits per heavy atom. The van der Waals surface area contributed by atoms with Crippen molar-refractivity contribution in [1.29, 1.82) is 0 Å². The summed E-state index contributed by atoms with van der Waals surface area (Å²) in [6.07, 6.45) is 0.591. The fraction of sp³-hybridized carbons (Fsp3) is 0.276. The van der Waals surface area contributed by atoms with E-state index < -0.39 is 35.0 Å². The van der Waals surface area contributed by atoms with Crippen molar-refractivity contribution in [2.45, 2.75) is 44.1 Å². The number of hydrogen-bond acceptors (Lipinski definition) is 5. The maximum Gasteiger partial charge on any atom is 0.317 e. The highest BCUT2D eigenvalue weighted by Gasteiger charge is 2.63. The monoisotopic (exact) mass is 517 g/mol. The van der Waals surface area contributed by atoms with E-state index in [1.165, 1.54) is 0 Å². The summed E-state index contributed by atoms with van der Waals surface area (Å²) in [7, 11) is 0. The van der Waals surface area contributed by atoms with Crippen molar-refractivity contribution in [1.82, 2.24) is 16.0 Å². The summed E-state index contributed by atoms with van der Waals surface area (Å²) in [5.74, 6) is -3.09. The Kier molecular flexibility index (Phi) is 9.59. The Labute approximate surface area is 222 Å². The number of urea groups is 1. The van der Waals surface area contributed by atoms with Crippen molar-refractivity contribution >= 4 is 17.8 Å². The number of nitrogens with one attached hydrogen (secondary N) is 3. The van der Waals surface area contributed by atoms with Gasteiger partial charge in [-0.3, -0.25) is 14.9 Å². The molecule has 8 N–H and O–H groups in total. The van der Waals surface area contributed by atoms with Gasteiger partial charge in [-0.2, -0.15) is 0 Å². The van der Waals surface area contributed by atoms with Crippen LogP contribution in [-0.2, 0) is 29.1 Å². The number of aliphatic hydroxyl groups is 1. The Morgan fingerprint density at radius 3 is 1.68 bits per heavy atom. The highest BCUT2D eigenvalue weighted by Crippen LogP contribution is 2.34. The molecule has 9 heteroatoms. The van der Waals surface area contributed by atoms with Gasteiger partial charge in [-0.1, -0.05) is 104 Å². The lowest BCUT2D eigenvalue weighted by atomic mass is 9.70. The zero-order chi connectivity index (χ0) is 27.6. The molecule has 0 aromatic heterocycles. The molecule has 9 nitrogen and oxygen atoms in total. The molecule has 0 aliphatic carbocycles. The maximum atomic E-state index is 13.4. The predicted molar refractivity (Wildman–Crippen MR) is 145 cm³/mol. The lowest BCUT2D eigenvalue weighted by Crippen LogP contribution is -2.82. The molecule has 3 aromatic carbocycles. The van der Waals surface area contributed by atoms with E-state index in [0.29, 0.717) is 6.42 Å². The third-order valence-corrected chi connectivity index (χ3v) is 6.75. The molecule has 3 aromatic rings. The van der Waals surface area contributed by atoms with Crippen LogP contribution in [0.3, 0.4) is 0 Å². The topological polar surface area (TPSA) is 160 Å². The van der Waals surface area contributed by atoms with Crippen LogP contribution in [0.2, 0.25) is 0 Å². The van der Waals surface area contributed by atoms with Crippen molar-refractivity contribution in [3.05, 3.63) is 108 Å². The Hall–Kier alpha value is -4.21. The minimum Gasteiger partial charge on any atom is -0.368 e. The normalized spacial score (nSPS) is 14.9. The first-order chi connectivity index (χ1) is 18.2. The molecule has 200 valence electrons. The van der Waals surface area contributed by atoms with E-state index in [4.69, 9.17) is 11.5 Å². The average molecular weight is 518 g/mol. The first-order valence-corrected chi connectivity index (χ1v) is 12.5. The van der Waals surface area contributed by atoms with Gasteiger partial charge in [-0.05, 0) is 29.0 Å². The zero-order valence-electron chi connectivity index (χ0n) is 21.4. The molecule has 0 heterocycles. The number of benzene rings is 3. The van der Waals surface area contributed by atoms with Crippen LogP contribution in [0.15, 0.2) is 91.0 Å². The van der Waals surface area contributed by atoms with Gasteiger partial charge in [0.05, 0.1) is 0 Å². The molecule has 0 aliphatic rings. The molecule has 0 saturated heterocycles. The van der Waals surface area contributed by atoms with Crippen molar-refractivity contribution in [3.8, 4) is 0 Å². The van der Waals surface area contributed by atoms with Gasteiger partial charge >= 0.3 is 6.03 Å². The SMILES string of the molecule is CCC(Cc1ccccc1)C(NCc1ccccc1)(C(N)=O)C(O)(NC(=O)NCc1ccccc1)C(N)=O. The quantitative estimate of drug-likeness (QED) is 0.191. The first kappa shape index (κ1) is 28.4.